The summed E-state index contributed by atoms with van der Waals surface area (Å²) in [5.41, 5.74) is 3.12. The minimum atomic E-state index is -0.176. The second-order valence-corrected chi connectivity index (χ2v) is 5.59. The van der Waals surface area contributed by atoms with Gasteiger partial charge in [0, 0.05) is 11.8 Å². The average molecular weight is 317 g/mol. The van der Waals surface area contributed by atoms with Crippen molar-refractivity contribution < 1.29 is 9.21 Å². The molecule has 0 unspecified atom stereocenters. The predicted octanol–water partition coefficient (Wildman–Crippen LogP) is 4.83. The zero-order valence-corrected chi connectivity index (χ0v) is 13.5. The lowest BCUT2D eigenvalue weighted by Crippen LogP contribution is -2.09. The van der Waals surface area contributed by atoms with E-state index in [1.165, 1.54) is 11.6 Å². The number of para-hydroxylation sites is 1. The summed E-state index contributed by atoms with van der Waals surface area (Å²) in [5.74, 6) is 1.31. The molecule has 0 aliphatic carbocycles. The van der Waals surface area contributed by atoms with Gasteiger partial charge in [-0.1, -0.05) is 48.5 Å². The van der Waals surface area contributed by atoms with Crippen LogP contribution in [0.2, 0.25) is 0 Å². The molecule has 0 fully saturated rings. The Kier molecular flexibility index (Phi) is 4.92. The van der Waals surface area contributed by atoms with Crippen molar-refractivity contribution >= 4 is 17.7 Å². The lowest BCUT2D eigenvalue weighted by atomic mass is 10.0. The number of hydrogen-bond donors (Lipinski definition) is 1. The van der Waals surface area contributed by atoms with Gasteiger partial charge in [0.2, 0.25) is 5.91 Å². The predicted molar refractivity (Wildman–Crippen MR) is 96.8 cm³/mol. The van der Waals surface area contributed by atoms with Crippen LogP contribution in [0, 0.1) is 6.92 Å². The van der Waals surface area contributed by atoms with E-state index in [0.717, 1.165) is 23.4 Å². The number of hydrogen-bond acceptors (Lipinski definition) is 2. The first-order valence-electron chi connectivity index (χ1n) is 7.88. The highest BCUT2D eigenvalue weighted by molar-refractivity contribution is 6.02. The van der Waals surface area contributed by atoms with Crippen molar-refractivity contribution in [2.24, 2.45) is 0 Å². The van der Waals surface area contributed by atoms with E-state index < -0.39 is 0 Å². The molecule has 1 heterocycles. The molecular formula is C21H19NO2. The lowest BCUT2D eigenvalue weighted by Gasteiger charge is -2.10. The van der Waals surface area contributed by atoms with Crippen LogP contribution in [0.1, 0.15) is 22.6 Å². The number of carbonyl (C=O) groups excluding carboxylic acids is 1. The first kappa shape index (κ1) is 15.8. The number of aryl methyl sites for hydroxylation is 1. The second-order valence-electron chi connectivity index (χ2n) is 5.59. The number of rotatable bonds is 5. The SMILES string of the molecule is Cc1ccc(/C=C/C(=O)Nc2ccccc2Cc2ccccc2)o1. The van der Waals surface area contributed by atoms with Gasteiger partial charge in [0.05, 0.1) is 0 Å². The Morgan fingerprint density at radius 3 is 2.50 bits per heavy atom. The van der Waals surface area contributed by atoms with Crippen molar-refractivity contribution in [3.63, 3.8) is 0 Å². The van der Waals surface area contributed by atoms with Gasteiger partial charge in [-0.3, -0.25) is 4.79 Å². The van der Waals surface area contributed by atoms with E-state index >= 15 is 0 Å². The minimum Gasteiger partial charge on any atom is -0.462 e. The Bertz CT molecular complexity index is 847. The Hall–Kier alpha value is -3.07. The summed E-state index contributed by atoms with van der Waals surface area (Å²) in [6.07, 6.45) is 3.93. The number of nitrogens with one attached hydrogen (secondary N) is 1. The van der Waals surface area contributed by atoms with E-state index in [-0.39, 0.29) is 5.91 Å². The molecule has 3 rings (SSSR count). The van der Waals surface area contributed by atoms with Gasteiger partial charge in [0.15, 0.2) is 0 Å². The van der Waals surface area contributed by atoms with Crippen LogP contribution in [0.4, 0.5) is 5.69 Å². The number of anilines is 1. The van der Waals surface area contributed by atoms with E-state index in [2.05, 4.69) is 17.4 Å². The second kappa shape index (κ2) is 7.47. The van der Waals surface area contributed by atoms with Crippen LogP contribution >= 0.6 is 0 Å². The highest BCUT2D eigenvalue weighted by atomic mass is 16.3. The van der Waals surface area contributed by atoms with Gasteiger partial charge in [-0.05, 0) is 48.7 Å². The van der Waals surface area contributed by atoms with E-state index in [0.29, 0.717) is 5.76 Å². The topological polar surface area (TPSA) is 42.2 Å². The van der Waals surface area contributed by atoms with Crippen LogP contribution in [-0.4, -0.2) is 5.91 Å². The maximum atomic E-state index is 12.2. The van der Waals surface area contributed by atoms with Gasteiger partial charge in [0.1, 0.15) is 11.5 Å². The van der Waals surface area contributed by atoms with Crippen molar-refractivity contribution in [3.05, 3.63) is 95.5 Å². The summed E-state index contributed by atoms with van der Waals surface area (Å²) in [4.78, 5) is 12.2. The number of carbonyl (C=O) groups is 1. The molecule has 1 aromatic heterocycles. The number of furan rings is 1. The third-order valence-electron chi connectivity index (χ3n) is 3.67. The fraction of sp³-hybridized carbons (Fsp3) is 0.0952. The highest BCUT2D eigenvalue weighted by Crippen LogP contribution is 2.19. The zero-order valence-electron chi connectivity index (χ0n) is 13.5. The first-order valence-corrected chi connectivity index (χ1v) is 7.88. The van der Waals surface area contributed by atoms with Crippen molar-refractivity contribution in [2.75, 3.05) is 5.32 Å². The smallest absolute Gasteiger partial charge is 0.248 e. The summed E-state index contributed by atoms with van der Waals surface area (Å²) in [6, 6.07) is 21.8. The molecule has 24 heavy (non-hydrogen) atoms. The molecule has 0 spiro atoms. The molecule has 0 aliphatic heterocycles. The molecule has 1 N–H and O–H groups in total. The van der Waals surface area contributed by atoms with Gasteiger partial charge in [0.25, 0.3) is 0 Å². The third-order valence-corrected chi connectivity index (χ3v) is 3.67. The molecule has 0 bridgehead atoms. The molecule has 0 radical (unpaired) electrons. The molecule has 0 saturated heterocycles. The molecule has 3 heteroatoms. The maximum Gasteiger partial charge on any atom is 0.248 e. The molecule has 2 aromatic carbocycles. The molecule has 0 aliphatic rings. The molecule has 0 saturated carbocycles. The summed E-state index contributed by atoms with van der Waals surface area (Å²) >= 11 is 0. The fourth-order valence-corrected chi connectivity index (χ4v) is 2.49. The quantitative estimate of drug-likeness (QED) is 0.685. The van der Waals surface area contributed by atoms with Gasteiger partial charge in [-0.2, -0.15) is 0 Å². The summed E-state index contributed by atoms with van der Waals surface area (Å²) in [5, 5.41) is 2.94. The standard InChI is InChI=1S/C21H19NO2/c1-16-11-12-19(24-16)13-14-21(23)22-20-10-6-5-9-18(20)15-17-7-3-2-4-8-17/h2-14H,15H2,1H3,(H,22,23)/b14-13+. The molecule has 120 valence electrons. The number of benzene rings is 2. The van der Waals surface area contributed by atoms with Crippen LogP contribution in [-0.2, 0) is 11.2 Å². The van der Waals surface area contributed by atoms with Crippen molar-refractivity contribution in [1.82, 2.24) is 0 Å². The largest absolute Gasteiger partial charge is 0.462 e. The van der Waals surface area contributed by atoms with Gasteiger partial charge in [-0.15, -0.1) is 0 Å². The Balaban J connectivity index is 1.70. The van der Waals surface area contributed by atoms with Gasteiger partial charge < -0.3 is 9.73 Å². The Labute approximate surface area is 141 Å². The highest BCUT2D eigenvalue weighted by Gasteiger charge is 2.05. The van der Waals surface area contributed by atoms with Crippen molar-refractivity contribution in [2.45, 2.75) is 13.3 Å². The van der Waals surface area contributed by atoms with Crippen molar-refractivity contribution in [1.29, 1.82) is 0 Å². The molecule has 0 atom stereocenters. The van der Waals surface area contributed by atoms with Gasteiger partial charge >= 0.3 is 0 Å². The van der Waals surface area contributed by atoms with E-state index in [4.69, 9.17) is 4.42 Å². The van der Waals surface area contributed by atoms with Gasteiger partial charge in [-0.25, -0.2) is 0 Å². The maximum absolute atomic E-state index is 12.2. The first-order chi connectivity index (χ1) is 11.7. The summed E-state index contributed by atoms with van der Waals surface area (Å²) in [7, 11) is 0. The van der Waals surface area contributed by atoms with Crippen LogP contribution < -0.4 is 5.32 Å². The number of amides is 1. The molecule has 1 amide bonds. The van der Waals surface area contributed by atoms with E-state index in [1.54, 1.807) is 6.08 Å². The molecule has 3 nitrogen and oxygen atoms in total. The third kappa shape index (κ3) is 4.23. The lowest BCUT2D eigenvalue weighted by molar-refractivity contribution is -0.111. The Morgan fingerprint density at radius 2 is 1.75 bits per heavy atom. The minimum absolute atomic E-state index is 0.176. The summed E-state index contributed by atoms with van der Waals surface area (Å²) in [6.45, 7) is 1.87. The van der Waals surface area contributed by atoms with Crippen LogP contribution in [0.15, 0.2) is 77.2 Å². The van der Waals surface area contributed by atoms with Crippen molar-refractivity contribution in [3.8, 4) is 0 Å². The Morgan fingerprint density at radius 1 is 1.00 bits per heavy atom. The van der Waals surface area contributed by atoms with Crippen LogP contribution in [0.25, 0.3) is 6.08 Å². The zero-order chi connectivity index (χ0) is 16.8. The van der Waals surface area contributed by atoms with Crippen LogP contribution in [0.5, 0.6) is 0 Å². The fourth-order valence-electron chi connectivity index (χ4n) is 2.49. The van der Waals surface area contributed by atoms with E-state index in [1.807, 2.05) is 61.5 Å². The molecular weight excluding hydrogens is 298 g/mol. The normalized spacial score (nSPS) is 10.9. The summed E-state index contributed by atoms with van der Waals surface area (Å²) < 4.78 is 5.42. The average Bonchev–Trinajstić information content (AvgIpc) is 3.01. The monoisotopic (exact) mass is 317 g/mol. The van der Waals surface area contributed by atoms with E-state index in [9.17, 15) is 4.79 Å². The van der Waals surface area contributed by atoms with Crippen LogP contribution in [0.3, 0.4) is 0 Å². The molecule has 3 aromatic rings.